The van der Waals surface area contributed by atoms with E-state index in [1.807, 2.05) is 12.1 Å². The number of anilines is 4. The monoisotopic (exact) mass is 493 g/mol. The number of para-hydroxylation sites is 1. The Labute approximate surface area is 206 Å². The summed E-state index contributed by atoms with van der Waals surface area (Å²) in [6.45, 7) is 4.39. The number of rotatable bonds is 4. The topological polar surface area (TPSA) is 106 Å². The fraction of sp³-hybridized carbons (Fsp3) is 0.250. The van der Waals surface area contributed by atoms with Gasteiger partial charge in [-0.05, 0) is 37.3 Å². The largest absolute Gasteiger partial charge is 0.455 e. The summed E-state index contributed by atoms with van der Waals surface area (Å²) >= 11 is 6.10. The molecule has 0 saturated carbocycles. The van der Waals surface area contributed by atoms with Gasteiger partial charge in [-0.1, -0.05) is 17.7 Å². The molecule has 11 heteroatoms. The van der Waals surface area contributed by atoms with Gasteiger partial charge in [0.2, 0.25) is 11.8 Å². The maximum Gasteiger partial charge on any atom is 0.268 e. The zero-order valence-electron chi connectivity index (χ0n) is 18.8. The lowest BCUT2D eigenvalue weighted by Crippen LogP contribution is -2.50. The van der Waals surface area contributed by atoms with E-state index >= 15 is 0 Å². The third kappa shape index (κ3) is 4.32. The van der Waals surface area contributed by atoms with Crippen molar-refractivity contribution < 1.29 is 13.9 Å². The summed E-state index contributed by atoms with van der Waals surface area (Å²) in [7, 11) is 0. The average molecular weight is 494 g/mol. The van der Waals surface area contributed by atoms with Crippen LogP contribution in [0.15, 0.2) is 42.6 Å². The van der Waals surface area contributed by atoms with E-state index in [4.69, 9.17) is 16.3 Å². The van der Waals surface area contributed by atoms with Crippen LogP contribution in [0.2, 0.25) is 5.02 Å². The summed E-state index contributed by atoms with van der Waals surface area (Å²) in [4.78, 5) is 24.8. The number of halogens is 2. The van der Waals surface area contributed by atoms with Crippen molar-refractivity contribution in [2.24, 2.45) is 0 Å². The molecular formula is C24H21ClFN7O2. The molecule has 0 unspecified atom stereocenters. The molecule has 1 fully saturated rings. The molecule has 0 spiro atoms. The van der Waals surface area contributed by atoms with Crippen molar-refractivity contribution in [1.29, 1.82) is 5.26 Å². The summed E-state index contributed by atoms with van der Waals surface area (Å²) < 4.78 is 19.9. The van der Waals surface area contributed by atoms with Gasteiger partial charge in [0.25, 0.3) is 5.91 Å². The van der Waals surface area contributed by atoms with Crippen LogP contribution < -0.4 is 25.2 Å². The van der Waals surface area contributed by atoms with Crippen LogP contribution in [-0.4, -0.2) is 48.3 Å². The SMILES string of the molecule is C[C@H]1CNCCN1c1ccc(Nc2ncc3c(n2)OCN(c2c(F)cccc2Cl)C3=O)cc1C#N. The van der Waals surface area contributed by atoms with Gasteiger partial charge in [0.1, 0.15) is 23.1 Å². The minimum absolute atomic E-state index is 0.0602. The van der Waals surface area contributed by atoms with Gasteiger partial charge in [-0.3, -0.25) is 9.69 Å². The number of hydrogen-bond donors (Lipinski definition) is 2. The Morgan fingerprint density at radius 1 is 1.34 bits per heavy atom. The first-order valence-electron chi connectivity index (χ1n) is 11.0. The quantitative estimate of drug-likeness (QED) is 0.567. The molecule has 1 aromatic heterocycles. The summed E-state index contributed by atoms with van der Waals surface area (Å²) in [5.41, 5.74) is 2.05. The van der Waals surface area contributed by atoms with Crippen molar-refractivity contribution in [3.63, 3.8) is 0 Å². The van der Waals surface area contributed by atoms with Gasteiger partial charge < -0.3 is 20.3 Å². The van der Waals surface area contributed by atoms with Crippen molar-refractivity contribution in [3.8, 4) is 11.9 Å². The van der Waals surface area contributed by atoms with Crippen molar-refractivity contribution in [1.82, 2.24) is 15.3 Å². The lowest BCUT2D eigenvalue weighted by atomic mass is 10.1. The van der Waals surface area contributed by atoms with E-state index in [-0.39, 0.29) is 40.9 Å². The van der Waals surface area contributed by atoms with Crippen LogP contribution in [-0.2, 0) is 0 Å². The Morgan fingerprint density at radius 2 is 2.20 bits per heavy atom. The van der Waals surface area contributed by atoms with Crippen LogP contribution in [0.4, 0.5) is 27.4 Å². The van der Waals surface area contributed by atoms with Gasteiger partial charge in [0.15, 0.2) is 6.73 Å². The number of amides is 1. The summed E-state index contributed by atoms with van der Waals surface area (Å²) in [6, 6.07) is 12.2. The first-order valence-corrected chi connectivity index (χ1v) is 11.4. The molecule has 5 rings (SSSR count). The molecule has 178 valence electrons. The molecule has 1 atom stereocenters. The summed E-state index contributed by atoms with van der Waals surface area (Å²) in [5.74, 6) is -0.890. The Hall–Kier alpha value is -3.94. The molecule has 3 heterocycles. The third-order valence-corrected chi connectivity index (χ3v) is 6.26. The van der Waals surface area contributed by atoms with Crippen LogP contribution in [0.3, 0.4) is 0 Å². The van der Waals surface area contributed by atoms with E-state index in [1.54, 1.807) is 6.07 Å². The number of nitrogens with zero attached hydrogens (tertiary/aromatic N) is 5. The lowest BCUT2D eigenvalue weighted by molar-refractivity contribution is 0.0931. The molecule has 0 radical (unpaired) electrons. The molecule has 0 aliphatic carbocycles. The first-order chi connectivity index (χ1) is 17.0. The highest BCUT2D eigenvalue weighted by molar-refractivity contribution is 6.34. The highest BCUT2D eigenvalue weighted by Gasteiger charge is 2.32. The second-order valence-electron chi connectivity index (χ2n) is 8.20. The molecule has 3 aromatic rings. The number of fused-ring (bicyclic) bond motifs is 1. The predicted octanol–water partition coefficient (Wildman–Crippen LogP) is 3.68. The van der Waals surface area contributed by atoms with E-state index < -0.39 is 11.7 Å². The standard InChI is InChI=1S/C24H21ClFN7O2/c1-14-11-28-7-8-32(14)20-6-5-16(9-15(20)10-27)30-24-29-12-17-22(31-24)35-13-33(23(17)34)21-18(25)3-2-4-19(21)26/h2-6,9,12,14,28H,7-8,11,13H2,1H3,(H,29,30,31)/t14-/m0/s1. The van der Waals surface area contributed by atoms with Gasteiger partial charge in [0, 0.05) is 37.6 Å². The van der Waals surface area contributed by atoms with E-state index in [0.29, 0.717) is 11.3 Å². The molecule has 2 aliphatic rings. The molecule has 2 aromatic carbocycles. The fourth-order valence-electron chi connectivity index (χ4n) is 4.21. The zero-order chi connectivity index (χ0) is 24.5. The Morgan fingerprint density at radius 3 is 2.97 bits per heavy atom. The number of carbonyl (C=O) groups is 1. The maximum absolute atomic E-state index is 14.3. The normalized spacial score (nSPS) is 17.4. The number of carbonyl (C=O) groups excluding carboxylic acids is 1. The van der Waals surface area contributed by atoms with Gasteiger partial charge in [-0.2, -0.15) is 10.2 Å². The summed E-state index contributed by atoms with van der Waals surface area (Å²) in [6.07, 6.45) is 1.32. The molecule has 1 saturated heterocycles. The molecule has 35 heavy (non-hydrogen) atoms. The molecule has 1 amide bonds. The predicted molar refractivity (Wildman–Crippen MR) is 130 cm³/mol. The summed E-state index contributed by atoms with van der Waals surface area (Å²) in [5, 5.41) is 16.2. The number of nitriles is 1. The highest BCUT2D eigenvalue weighted by Crippen LogP contribution is 2.34. The van der Waals surface area contributed by atoms with Crippen molar-refractivity contribution in [2.75, 3.05) is 41.5 Å². The molecule has 2 aliphatic heterocycles. The number of nitrogens with one attached hydrogen (secondary N) is 2. The third-order valence-electron chi connectivity index (χ3n) is 5.95. The van der Waals surface area contributed by atoms with Crippen molar-refractivity contribution in [3.05, 3.63) is 64.6 Å². The van der Waals surface area contributed by atoms with Crippen molar-refractivity contribution >= 4 is 40.5 Å². The van der Waals surface area contributed by atoms with Crippen LogP contribution in [0.25, 0.3) is 0 Å². The number of ether oxygens (including phenoxy) is 1. The van der Waals surface area contributed by atoms with Crippen LogP contribution in [0.1, 0.15) is 22.8 Å². The highest BCUT2D eigenvalue weighted by atomic mass is 35.5. The maximum atomic E-state index is 14.3. The van der Waals surface area contributed by atoms with E-state index in [2.05, 4.69) is 38.5 Å². The van der Waals surface area contributed by atoms with Crippen LogP contribution >= 0.6 is 11.6 Å². The Bertz CT molecular complexity index is 1330. The minimum atomic E-state index is -0.635. The Balaban J connectivity index is 1.37. The van der Waals surface area contributed by atoms with Gasteiger partial charge in [-0.15, -0.1) is 0 Å². The lowest BCUT2D eigenvalue weighted by Gasteiger charge is -2.36. The van der Waals surface area contributed by atoms with E-state index in [0.717, 1.165) is 30.2 Å². The molecule has 2 N–H and O–H groups in total. The van der Waals surface area contributed by atoms with Gasteiger partial charge >= 0.3 is 0 Å². The van der Waals surface area contributed by atoms with Crippen LogP contribution in [0.5, 0.6) is 5.88 Å². The van der Waals surface area contributed by atoms with E-state index in [9.17, 15) is 14.4 Å². The zero-order valence-corrected chi connectivity index (χ0v) is 19.5. The number of piperazine rings is 1. The smallest absolute Gasteiger partial charge is 0.268 e. The first kappa shape index (κ1) is 22.8. The van der Waals surface area contributed by atoms with E-state index in [1.165, 1.54) is 24.4 Å². The minimum Gasteiger partial charge on any atom is -0.455 e. The second-order valence-corrected chi connectivity index (χ2v) is 8.61. The van der Waals surface area contributed by atoms with Gasteiger partial charge in [0.05, 0.1) is 16.3 Å². The van der Waals surface area contributed by atoms with Crippen LogP contribution in [0, 0.1) is 17.1 Å². The average Bonchev–Trinajstić information content (AvgIpc) is 2.85. The fourth-order valence-corrected chi connectivity index (χ4v) is 4.47. The number of hydrogen-bond acceptors (Lipinski definition) is 8. The second kappa shape index (κ2) is 9.37. The molecule has 0 bridgehead atoms. The van der Waals surface area contributed by atoms with Crippen molar-refractivity contribution in [2.45, 2.75) is 13.0 Å². The number of benzene rings is 2. The Kier molecular flexibility index (Phi) is 6.11. The molecular weight excluding hydrogens is 473 g/mol. The number of aromatic nitrogens is 2. The van der Waals surface area contributed by atoms with Gasteiger partial charge in [-0.25, -0.2) is 9.37 Å². The molecule has 9 nitrogen and oxygen atoms in total.